The van der Waals surface area contributed by atoms with E-state index in [9.17, 15) is 0 Å². The molecule has 0 bridgehead atoms. The molecule has 0 spiro atoms. The lowest BCUT2D eigenvalue weighted by atomic mass is 10.0. The molecule has 1 N–H and O–H groups in total. The number of hydrogen-bond donors (Lipinski definition) is 1. The van der Waals surface area contributed by atoms with Crippen molar-refractivity contribution in [3.05, 3.63) is 68.5 Å². The van der Waals surface area contributed by atoms with E-state index in [1.54, 1.807) is 22.7 Å². The van der Waals surface area contributed by atoms with Crippen LogP contribution < -0.4 is 5.32 Å². The summed E-state index contributed by atoms with van der Waals surface area (Å²) in [6, 6.07) is 5.86. The van der Waals surface area contributed by atoms with Crippen LogP contribution in [0.1, 0.15) is 23.9 Å². The fourth-order valence-electron chi connectivity index (χ4n) is 2.65. The largest absolute Gasteiger partial charge is 0.360 e. The maximum atomic E-state index is 6.05. The van der Waals surface area contributed by atoms with Gasteiger partial charge in [-0.2, -0.15) is 0 Å². The van der Waals surface area contributed by atoms with Crippen molar-refractivity contribution in [1.82, 2.24) is 4.98 Å². The first-order valence-corrected chi connectivity index (χ1v) is 9.84. The van der Waals surface area contributed by atoms with Crippen molar-refractivity contribution in [2.45, 2.75) is 13.3 Å². The van der Waals surface area contributed by atoms with E-state index >= 15 is 0 Å². The molecule has 2 nitrogen and oxygen atoms in total. The van der Waals surface area contributed by atoms with E-state index in [2.05, 4.69) is 46.2 Å². The van der Waals surface area contributed by atoms with Crippen molar-refractivity contribution in [2.75, 3.05) is 5.32 Å². The lowest BCUT2D eigenvalue weighted by Gasteiger charge is -2.11. The Balaban J connectivity index is 1.72. The Morgan fingerprint density at radius 3 is 3.12 bits per heavy atom. The number of allylic oxidation sites excluding steroid dienone is 4. The van der Waals surface area contributed by atoms with Gasteiger partial charge in [0.25, 0.3) is 0 Å². The molecule has 1 aliphatic rings. The van der Waals surface area contributed by atoms with Crippen LogP contribution in [0.5, 0.6) is 0 Å². The van der Waals surface area contributed by atoms with Crippen molar-refractivity contribution < 1.29 is 0 Å². The van der Waals surface area contributed by atoms with E-state index in [1.807, 2.05) is 24.4 Å². The van der Waals surface area contributed by atoms with E-state index in [0.717, 1.165) is 26.7 Å². The fraction of sp³-hybridized carbons (Fsp3) is 0.105. The zero-order chi connectivity index (χ0) is 16.5. The van der Waals surface area contributed by atoms with Crippen LogP contribution in [0.15, 0.2) is 52.9 Å². The van der Waals surface area contributed by atoms with Crippen molar-refractivity contribution in [2.24, 2.45) is 0 Å². The molecule has 2 aromatic heterocycles. The van der Waals surface area contributed by atoms with E-state index in [0.29, 0.717) is 0 Å². The van der Waals surface area contributed by atoms with Crippen LogP contribution in [-0.4, -0.2) is 4.98 Å². The van der Waals surface area contributed by atoms with Crippen LogP contribution in [0, 0.1) is 0 Å². The summed E-state index contributed by atoms with van der Waals surface area (Å²) < 4.78 is 1.16. The van der Waals surface area contributed by atoms with E-state index in [4.69, 9.17) is 11.6 Å². The number of benzene rings is 1. The van der Waals surface area contributed by atoms with Gasteiger partial charge in [0.15, 0.2) is 0 Å². The molecule has 0 atom stereocenters. The topological polar surface area (TPSA) is 24.9 Å². The second kappa shape index (κ2) is 6.55. The first-order valence-electron chi connectivity index (χ1n) is 7.71. The predicted octanol–water partition coefficient (Wildman–Crippen LogP) is 6.83. The first-order chi connectivity index (χ1) is 11.7. The summed E-state index contributed by atoms with van der Waals surface area (Å²) in [7, 11) is 0. The van der Waals surface area contributed by atoms with Crippen LogP contribution in [0.4, 0.5) is 5.69 Å². The van der Waals surface area contributed by atoms with Gasteiger partial charge in [0, 0.05) is 27.5 Å². The summed E-state index contributed by atoms with van der Waals surface area (Å²) in [5.41, 5.74) is 5.90. The number of nitrogens with one attached hydrogen (secondary N) is 1. The SMILES string of the molecule is CCC(=Cc1nc2cc(Cl)ccc2s1)C=C1C=CNc2cscc21. The Bertz CT molecular complexity index is 992. The minimum absolute atomic E-state index is 0.728. The van der Waals surface area contributed by atoms with Crippen LogP contribution in [0.2, 0.25) is 5.02 Å². The van der Waals surface area contributed by atoms with Gasteiger partial charge in [0.1, 0.15) is 5.01 Å². The molecule has 0 saturated carbocycles. The summed E-state index contributed by atoms with van der Waals surface area (Å²) in [6.07, 6.45) is 9.50. The lowest BCUT2D eigenvalue weighted by molar-refractivity contribution is 1.16. The highest BCUT2D eigenvalue weighted by Crippen LogP contribution is 2.34. The molecule has 3 heterocycles. The van der Waals surface area contributed by atoms with Crippen LogP contribution in [0.3, 0.4) is 0 Å². The fourth-order valence-corrected chi connectivity index (χ4v) is 4.54. The highest BCUT2D eigenvalue weighted by molar-refractivity contribution is 7.19. The maximum Gasteiger partial charge on any atom is 0.117 e. The maximum absolute atomic E-state index is 6.05. The highest BCUT2D eigenvalue weighted by atomic mass is 35.5. The minimum atomic E-state index is 0.728. The number of aromatic nitrogens is 1. The quantitative estimate of drug-likeness (QED) is 0.546. The van der Waals surface area contributed by atoms with Crippen molar-refractivity contribution in [1.29, 1.82) is 0 Å². The van der Waals surface area contributed by atoms with Gasteiger partial charge < -0.3 is 5.32 Å². The smallest absolute Gasteiger partial charge is 0.117 e. The first kappa shape index (κ1) is 15.6. The number of hydrogen-bond acceptors (Lipinski definition) is 4. The molecule has 0 amide bonds. The molecular formula is C19H15ClN2S2. The molecule has 1 aliphatic heterocycles. The molecular weight excluding hydrogens is 356 g/mol. The summed E-state index contributed by atoms with van der Waals surface area (Å²) in [5, 5.41) is 9.35. The summed E-state index contributed by atoms with van der Waals surface area (Å²) in [4.78, 5) is 4.69. The molecule has 0 radical (unpaired) electrons. The number of halogens is 1. The number of rotatable bonds is 3. The van der Waals surface area contributed by atoms with Gasteiger partial charge in [-0.15, -0.1) is 22.7 Å². The van der Waals surface area contributed by atoms with E-state index in [-0.39, 0.29) is 0 Å². The third kappa shape index (κ3) is 3.05. The highest BCUT2D eigenvalue weighted by Gasteiger charge is 2.11. The number of nitrogens with zero attached hydrogens (tertiary/aromatic N) is 1. The van der Waals surface area contributed by atoms with Crippen LogP contribution in [0.25, 0.3) is 21.9 Å². The molecule has 5 heteroatoms. The van der Waals surface area contributed by atoms with Gasteiger partial charge in [0.2, 0.25) is 0 Å². The van der Waals surface area contributed by atoms with Gasteiger partial charge in [-0.1, -0.05) is 24.6 Å². The Labute approximate surface area is 153 Å². The molecule has 0 saturated heterocycles. The van der Waals surface area contributed by atoms with Gasteiger partial charge >= 0.3 is 0 Å². The minimum Gasteiger partial charge on any atom is -0.360 e. The molecule has 4 rings (SSSR count). The molecule has 3 aromatic rings. The van der Waals surface area contributed by atoms with Gasteiger partial charge in [-0.3, -0.25) is 0 Å². The summed E-state index contributed by atoms with van der Waals surface area (Å²) in [6.45, 7) is 2.17. The lowest BCUT2D eigenvalue weighted by Crippen LogP contribution is -1.96. The third-order valence-electron chi connectivity index (χ3n) is 3.90. The molecule has 120 valence electrons. The number of thiazole rings is 1. The molecule has 0 unspecified atom stereocenters. The van der Waals surface area contributed by atoms with Gasteiger partial charge in [0.05, 0.1) is 15.9 Å². The molecule has 1 aromatic carbocycles. The molecule has 0 aliphatic carbocycles. The normalized spacial score (nSPS) is 15.8. The average molecular weight is 371 g/mol. The van der Waals surface area contributed by atoms with Gasteiger partial charge in [-0.05, 0) is 47.9 Å². The van der Waals surface area contributed by atoms with Gasteiger partial charge in [-0.25, -0.2) is 4.98 Å². The Kier molecular flexibility index (Phi) is 4.27. The summed E-state index contributed by atoms with van der Waals surface area (Å²) in [5.74, 6) is 0. The predicted molar refractivity (Wildman–Crippen MR) is 108 cm³/mol. The molecule has 24 heavy (non-hydrogen) atoms. The monoisotopic (exact) mass is 370 g/mol. The van der Waals surface area contributed by atoms with Crippen molar-refractivity contribution in [3.8, 4) is 0 Å². The third-order valence-corrected chi connectivity index (χ3v) is 5.86. The standard InChI is InChI=1S/C19H15ClN2S2/c1-2-12(7-13-5-6-21-17-11-23-10-15(13)17)8-19-22-16-9-14(20)3-4-18(16)24-19/h3-11,21H,2H2,1H3. The van der Waals surface area contributed by atoms with E-state index < -0.39 is 0 Å². The number of thiophene rings is 1. The summed E-state index contributed by atoms with van der Waals surface area (Å²) >= 11 is 9.47. The molecule has 0 fully saturated rings. The van der Waals surface area contributed by atoms with Crippen LogP contribution in [-0.2, 0) is 0 Å². The van der Waals surface area contributed by atoms with Crippen molar-refractivity contribution >= 4 is 61.8 Å². The van der Waals surface area contributed by atoms with E-state index in [1.165, 1.54) is 22.4 Å². The second-order valence-corrected chi connectivity index (χ2v) is 7.76. The Morgan fingerprint density at radius 1 is 1.33 bits per heavy atom. The zero-order valence-corrected chi connectivity index (χ0v) is 15.4. The van der Waals surface area contributed by atoms with Crippen LogP contribution >= 0.6 is 34.3 Å². The van der Waals surface area contributed by atoms with Crippen molar-refractivity contribution in [3.63, 3.8) is 0 Å². The second-order valence-electron chi connectivity index (χ2n) is 5.51. The average Bonchev–Trinajstić information content (AvgIpc) is 3.20. The zero-order valence-electron chi connectivity index (χ0n) is 13.0. The Morgan fingerprint density at radius 2 is 2.25 bits per heavy atom. The number of anilines is 1. The Hall–Kier alpha value is -1.88. The number of fused-ring (bicyclic) bond motifs is 2.